The summed E-state index contributed by atoms with van der Waals surface area (Å²) in [5, 5.41) is 12.7. The van der Waals surface area contributed by atoms with E-state index in [2.05, 4.69) is 21.7 Å². The minimum Gasteiger partial charge on any atom is -0.511 e. The van der Waals surface area contributed by atoms with Crippen LogP contribution in [0.4, 0.5) is 5.69 Å². The van der Waals surface area contributed by atoms with Crippen molar-refractivity contribution < 1.29 is 14.6 Å². The van der Waals surface area contributed by atoms with Crippen LogP contribution in [0.1, 0.15) is 36.1 Å². The third-order valence-electron chi connectivity index (χ3n) is 3.75. The highest BCUT2D eigenvalue weighted by Gasteiger charge is 2.19. The van der Waals surface area contributed by atoms with Crippen molar-refractivity contribution in [3.05, 3.63) is 52.5 Å². The van der Waals surface area contributed by atoms with Crippen molar-refractivity contribution in [3.8, 4) is 16.3 Å². The number of hydrogen-bond donors (Lipinski definition) is 2. The fraction of sp³-hybridized carbons (Fsp3) is 0.350. The fourth-order valence-corrected chi connectivity index (χ4v) is 3.16. The average Bonchev–Trinajstić information content (AvgIpc) is 3.01. The predicted octanol–water partition coefficient (Wildman–Crippen LogP) is 4.89. The second-order valence-corrected chi connectivity index (χ2v) is 7.62. The van der Waals surface area contributed by atoms with Crippen LogP contribution >= 0.6 is 11.3 Å². The normalized spacial score (nSPS) is 11.7. The maximum atomic E-state index is 12.4. The summed E-state index contributed by atoms with van der Waals surface area (Å²) in [6, 6.07) is 4.77. The fourth-order valence-electron chi connectivity index (χ4n) is 2.19. The molecular formula is C20H23N3O3S. The Morgan fingerprint density at radius 1 is 1.44 bits per heavy atom. The molecular weight excluding hydrogens is 362 g/mol. The highest BCUT2D eigenvalue weighted by Crippen LogP contribution is 2.35. The number of aromatic nitrogens is 1. The summed E-state index contributed by atoms with van der Waals surface area (Å²) in [7, 11) is 0. The van der Waals surface area contributed by atoms with Gasteiger partial charge in [0, 0.05) is 5.56 Å². The number of amides is 1. The Bertz CT molecular complexity index is 896. The lowest BCUT2D eigenvalue weighted by Gasteiger charge is -2.11. The first-order chi connectivity index (χ1) is 12.7. The first kappa shape index (κ1) is 20.5. The third kappa shape index (κ3) is 5.08. The van der Waals surface area contributed by atoms with E-state index in [4.69, 9.17) is 11.3 Å². The van der Waals surface area contributed by atoms with Crippen LogP contribution in [-0.4, -0.2) is 28.6 Å². The van der Waals surface area contributed by atoms with Crippen LogP contribution in [0.5, 0.6) is 5.75 Å². The molecule has 1 atom stereocenters. The molecule has 1 amide bonds. The van der Waals surface area contributed by atoms with Gasteiger partial charge in [0.25, 0.3) is 5.91 Å². The summed E-state index contributed by atoms with van der Waals surface area (Å²) >= 11 is 1.24. The number of carbonyl (C=O) groups is 1. The van der Waals surface area contributed by atoms with Gasteiger partial charge in [-0.3, -0.25) is 4.79 Å². The van der Waals surface area contributed by atoms with Crippen LogP contribution in [0.25, 0.3) is 15.4 Å². The molecule has 0 bridgehead atoms. The Balaban J connectivity index is 2.28. The number of benzene rings is 1. The Kier molecular flexibility index (Phi) is 6.59. The standard InChI is InChI=1S/C20H23N3O3S/c1-11(2)10-26-17-8-7-15(9-16(17)21-6)20-23-13(4)18(27-20)19(25)22-12(3)14(5)24/h7-9,11-12,24H,5,10H2,1-4H3,(H,22,25)/t12-/m0/s1. The molecule has 142 valence electrons. The number of aryl methyl sites for hydroxylation is 1. The van der Waals surface area contributed by atoms with E-state index in [0.29, 0.717) is 39.5 Å². The number of carbonyl (C=O) groups excluding carboxylic acids is 1. The van der Waals surface area contributed by atoms with Crippen LogP contribution in [0.3, 0.4) is 0 Å². The topological polar surface area (TPSA) is 75.8 Å². The van der Waals surface area contributed by atoms with Gasteiger partial charge in [-0.25, -0.2) is 9.83 Å². The minimum atomic E-state index is -0.548. The molecule has 7 heteroatoms. The Hall–Kier alpha value is -2.85. The van der Waals surface area contributed by atoms with Crippen molar-refractivity contribution >= 4 is 22.9 Å². The number of nitrogens with one attached hydrogen (secondary N) is 1. The van der Waals surface area contributed by atoms with Gasteiger partial charge < -0.3 is 15.2 Å². The van der Waals surface area contributed by atoms with Gasteiger partial charge in [-0.15, -0.1) is 11.3 Å². The Morgan fingerprint density at radius 3 is 2.74 bits per heavy atom. The number of aliphatic hydroxyl groups excluding tert-OH is 1. The smallest absolute Gasteiger partial charge is 0.263 e. The van der Waals surface area contributed by atoms with Gasteiger partial charge in [-0.05, 0) is 31.9 Å². The molecule has 0 fully saturated rings. The molecule has 2 aromatic rings. The van der Waals surface area contributed by atoms with Crippen molar-refractivity contribution in [1.82, 2.24) is 10.3 Å². The van der Waals surface area contributed by atoms with E-state index in [9.17, 15) is 9.90 Å². The first-order valence-electron chi connectivity index (χ1n) is 8.53. The van der Waals surface area contributed by atoms with Gasteiger partial charge in [0.05, 0.1) is 24.9 Å². The van der Waals surface area contributed by atoms with Crippen LogP contribution in [-0.2, 0) is 0 Å². The van der Waals surface area contributed by atoms with Gasteiger partial charge in [0.1, 0.15) is 21.4 Å². The van der Waals surface area contributed by atoms with Gasteiger partial charge >= 0.3 is 0 Å². The molecule has 0 spiro atoms. The van der Waals surface area contributed by atoms with Crippen molar-refractivity contribution in [2.75, 3.05) is 6.61 Å². The average molecular weight is 385 g/mol. The lowest BCUT2D eigenvalue weighted by Crippen LogP contribution is -2.33. The molecule has 1 aromatic heterocycles. The van der Waals surface area contributed by atoms with E-state index in [-0.39, 0.29) is 11.7 Å². The van der Waals surface area contributed by atoms with E-state index < -0.39 is 6.04 Å². The quantitative estimate of drug-likeness (QED) is 0.525. The first-order valence-corrected chi connectivity index (χ1v) is 9.35. The molecule has 0 aliphatic rings. The summed E-state index contributed by atoms with van der Waals surface area (Å²) in [6.45, 7) is 18.8. The molecule has 0 saturated heterocycles. The number of thiazole rings is 1. The Labute approximate surface area is 163 Å². The highest BCUT2D eigenvalue weighted by molar-refractivity contribution is 7.17. The summed E-state index contributed by atoms with van der Waals surface area (Å²) in [4.78, 5) is 20.9. The number of nitrogens with zero attached hydrogens (tertiary/aromatic N) is 2. The summed E-state index contributed by atoms with van der Waals surface area (Å²) < 4.78 is 5.69. The molecule has 1 heterocycles. The number of aliphatic hydroxyl groups is 1. The van der Waals surface area contributed by atoms with Gasteiger partial charge in [-0.2, -0.15) is 0 Å². The summed E-state index contributed by atoms with van der Waals surface area (Å²) in [5.74, 6) is 0.484. The van der Waals surface area contributed by atoms with E-state index >= 15 is 0 Å². The van der Waals surface area contributed by atoms with Crippen molar-refractivity contribution in [2.45, 2.75) is 33.7 Å². The summed E-state index contributed by atoms with van der Waals surface area (Å²) in [5.41, 5.74) is 1.76. The molecule has 0 aliphatic heterocycles. The molecule has 1 aromatic carbocycles. The second-order valence-electron chi connectivity index (χ2n) is 6.62. The largest absolute Gasteiger partial charge is 0.511 e. The minimum absolute atomic E-state index is 0.107. The molecule has 0 saturated carbocycles. The monoisotopic (exact) mass is 385 g/mol. The highest BCUT2D eigenvalue weighted by atomic mass is 32.1. The SMILES string of the molecule is [C-]#[N+]c1cc(-c2nc(C)c(C(=O)N[C@@H](C)C(=C)O)s2)ccc1OCC(C)C. The van der Waals surface area contributed by atoms with E-state index in [0.717, 1.165) is 5.56 Å². The van der Waals surface area contributed by atoms with Gasteiger partial charge in [-0.1, -0.05) is 26.5 Å². The van der Waals surface area contributed by atoms with E-state index in [1.54, 1.807) is 26.0 Å². The lowest BCUT2D eigenvalue weighted by atomic mass is 10.2. The molecule has 6 nitrogen and oxygen atoms in total. The third-order valence-corrected chi connectivity index (χ3v) is 4.95. The van der Waals surface area contributed by atoms with Crippen LogP contribution in [0.2, 0.25) is 0 Å². The molecule has 0 unspecified atom stereocenters. The van der Waals surface area contributed by atoms with Crippen LogP contribution < -0.4 is 10.1 Å². The molecule has 27 heavy (non-hydrogen) atoms. The van der Waals surface area contributed by atoms with Gasteiger partial charge in [0.15, 0.2) is 0 Å². The van der Waals surface area contributed by atoms with E-state index in [1.165, 1.54) is 11.3 Å². The zero-order valence-electron chi connectivity index (χ0n) is 15.9. The lowest BCUT2D eigenvalue weighted by molar-refractivity contribution is 0.0940. The predicted molar refractivity (Wildman–Crippen MR) is 108 cm³/mol. The maximum absolute atomic E-state index is 12.4. The molecule has 2 rings (SSSR count). The number of ether oxygens (including phenoxy) is 1. The van der Waals surface area contributed by atoms with E-state index in [1.807, 2.05) is 19.9 Å². The Morgan fingerprint density at radius 2 is 2.15 bits per heavy atom. The zero-order chi connectivity index (χ0) is 20.1. The van der Waals surface area contributed by atoms with Crippen LogP contribution in [0.15, 0.2) is 30.5 Å². The number of rotatable bonds is 7. The maximum Gasteiger partial charge on any atom is 0.263 e. The second kappa shape index (κ2) is 8.69. The van der Waals surface area contributed by atoms with Crippen molar-refractivity contribution in [1.29, 1.82) is 0 Å². The molecule has 0 radical (unpaired) electrons. The molecule has 2 N–H and O–H groups in total. The summed E-state index contributed by atoms with van der Waals surface area (Å²) in [6.07, 6.45) is 0. The van der Waals surface area contributed by atoms with Crippen molar-refractivity contribution in [3.63, 3.8) is 0 Å². The van der Waals surface area contributed by atoms with Crippen molar-refractivity contribution in [2.24, 2.45) is 5.92 Å². The van der Waals surface area contributed by atoms with Crippen LogP contribution in [0, 0.1) is 19.4 Å². The number of hydrogen-bond acceptors (Lipinski definition) is 5. The molecule has 0 aliphatic carbocycles. The zero-order valence-corrected chi connectivity index (χ0v) is 16.7. The van der Waals surface area contributed by atoms with Gasteiger partial charge in [0.2, 0.25) is 5.69 Å².